The highest BCUT2D eigenvalue weighted by atomic mass is 32.2. The van der Waals surface area contributed by atoms with Crippen LogP contribution in [0.15, 0.2) is 4.99 Å². The highest BCUT2D eigenvalue weighted by molar-refractivity contribution is 7.84. The molecule has 0 radical (unpaired) electrons. The number of nitrogens with zero attached hydrogens (tertiary/aromatic N) is 1. The van der Waals surface area contributed by atoms with Crippen molar-refractivity contribution in [3.8, 4) is 0 Å². The van der Waals surface area contributed by atoms with Crippen molar-refractivity contribution in [2.75, 3.05) is 18.6 Å². The second-order valence-electron chi connectivity index (χ2n) is 3.73. The molecule has 0 saturated carbocycles. The van der Waals surface area contributed by atoms with Gasteiger partial charge in [-0.05, 0) is 25.1 Å². The summed E-state index contributed by atoms with van der Waals surface area (Å²) in [4.78, 5) is 3.87. The number of hydrogen-bond acceptors (Lipinski definition) is 3. The van der Waals surface area contributed by atoms with E-state index in [1.54, 1.807) is 6.26 Å². The van der Waals surface area contributed by atoms with Gasteiger partial charge in [0.1, 0.15) is 0 Å². The van der Waals surface area contributed by atoms with E-state index < -0.39 is 10.8 Å². The van der Waals surface area contributed by atoms with E-state index in [4.69, 9.17) is 0 Å². The third-order valence-corrected chi connectivity index (χ3v) is 3.26. The number of hydrogen-bond donors (Lipinski definition) is 0. The summed E-state index contributed by atoms with van der Waals surface area (Å²) in [6, 6.07) is 0. The van der Waals surface area contributed by atoms with Crippen molar-refractivity contribution >= 4 is 28.2 Å². The first kappa shape index (κ1) is 14.9. The maximum Gasteiger partial charge on any atom is 0.0584 e. The summed E-state index contributed by atoms with van der Waals surface area (Å²) in [5, 5.41) is 2.38. The molecular weight excluding hydrogens is 226 g/mol. The van der Waals surface area contributed by atoms with Crippen molar-refractivity contribution in [3.63, 3.8) is 0 Å². The van der Waals surface area contributed by atoms with Gasteiger partial charge in [-0.3, -0.25) is 4.21 Å². The third kappa shape index (κ3) is 14.0. The number of thiocarbonyl (C=S) groups is 1. The van der Waals surface area contributed by atoms with Gasteiger partial charge in [-0.15, -0.1) is 0 Å². The van der Waals surface area contributed by atoms with Crippen LogP contribution in [0.5, 0.6) is 0 Å². The van der Waals surface area contributed by atoms with Crippen LogP contribution in [0.3, 0.4) is 0 Å². The minimum absolute atomic E-state index is 0.607. The number of aliphatic imine (C=N–C) groups is 1. The van der Waals surface area contributed by atoms with E-state index in [0.29, 0.717) is 0 Å². The Labute approximate surface area is 101 Å². The van der Waals surface area contributed by atoms with Gasteiger partial charge >= 0.3 is 0 Å². The Hall–Kier alpha value is -0.0500. The number of unbranched alkanes of at least 4 members (excludes halogenated alkanes) is 6. The van der Waals surface area contributed by atoms with Gasteiger partial charge in [-0.2, -0.15) is 0 Å². The Balaban J connectivity index is 2.98. The fourth-order valence-electron chi connectivity index (χ4n) is 1.43. The summed E-state index contributed by atoms with van der Waals surface area (Å²) >= 11 is 4.48. The van der Waals surface area contributed by atoms with Gasteiger partial charge in [0.2, 0.25) is 0 Å². The summed E-state index contributed by atoms with van der Waals surface area (Å²) in [6.45, 7) is 0.832. The Morgan fingerprint density at radius 2 is 1.60 bits per heavy atom. The molecule has 0 heterocycles. The van der Waals surface area contributed by atoms with Crippen LogP contribution in [-0.2, 0) is 10.8 Å². The summed E-state index contributed by atoms with van der Waals surface area (Å²) in [5.41, 5.74) is 0. The van der Waals surface area contributed by atoms with Crippen molar-refractivity contribution in [2.24, 2.45) is 4.99 Å². The molecule has 0 bridgehead atoms. The van der Waals surface area contributed by atoms with Gasteiger partial charge < -0.3 is 0 Å². The topological polar surface area (TPSA) is 29.4 Å². The molecule has 0 aromatic carbocycles. The van der Waals surface area contributed by atoms with Crippen LogP contribution in [0.2, 0.25) is 0 Å². The Morgan fingerprint density at radius 3 is 2.13 bits per heavy atom. The summed E-state index contributed by atoms with van der Waals surface area (Å²) in [7, 11) is -0.607. The number of isothiocyanates is 1. The molecule has 0 aliphatic carbocycles. The van der Waals surface area contributed by atoms with Crippen molar-refractivity contribution in [3.05, 3.63) is 0 Å². The lowest BCUT2D eigenvalue weighted by Gasteiger charge is -2.00. The Morgan fingerprint density at radius 1 is 1.07 bits per heavy atom. The molecule has 1 unspecified atom stereocenters. The normalized spacial score (nSPS) is 12.1. The zero-order valence-corrected chi connectivity index (χ0v) is 11.2. The zero-order chi connectivity index (χ0) is 11.4. The monoisotopic (exact) mass is 247 g/mol. The molecule has 0 fully saturated rings. The molecule has 0 spiro atoms. The molecule has 2 nitrogen and oxygen atoms in total. The third-order valence-electron chi connectivity index (χ3n) is 2.27. The molecule has 4 heteroatoms. The maximum atomic E-state index is 10.8. The van der Waals surface area contributed by atoms with E-state index in [9.17, 15) is 4.21 Å². The maximum absolute atomic E-state index is 10.8. The van der Waals surface area contributed by atoms with Crippen molar-refractivity contribution < 1.29 is 4.21 Å². The van der Waals surface area contributed by atoms with E-state index >= 15 is 0 Å². The second-order valence-corrected chi connectivity index (χ2v) is 5.46. The minimum atomic E-state index is -0.607. The molecule has 0 aromatic rings. The highest BCUT2D eigenvalue weighted by Crippen LogP contribution is 2.07. The molecule has 88 valence electrons. The first-order valence-electron chi connectivity index (χ1n) is 5.61. The van der Waals surface area contributed by atoms with Crippen molar-refractivity contribution in [1.29, 1.82) is 0 Å². The van der Waals surface area contributed by atoms with E-state index in [2.05, 4.69) is 22.4 Å². The smallest absolute Gasteiger partial charge is 0.0584 e. The molecule has 0 aliphatic heterocycles. The fourth-order valence-corrected chi connectivity index (χ4v) is 2.13. The van der Waals surface area contributed by atoms with Gasteiger partial charge in [-0.25, -0.2) is 4.99 Å². The van der Waals surface area contributed by atoms with Crippen LogP contribution in [0.4, 0.5) is 0 Å². The lowest BCUT2D eigenvalue weighted by Crippen LogP contribution is -1.93. The van der Waals surface area contributed by atoms with Gasteiger partial charge in [-0.1, -0.05) is 32.1 Å². The predicted octanol–water partition coefficient (Wildman–Crippen LogP) is 3.20. The van der Waals surface area contributed by atoms with Crippen molar-refractivity contribution in [2.45, 2.75) is 44.9 Å². The molecule has 15 heavy (non-hydrogen) atoms. The van der Waals surface area contributed by atoms with Gasteiger partial charge in [0.25, 0.3) is 0 Å². The van der Waals surface area contributed by atoms with Gasteiger partial charge in [0.05, 0.1) is 5.16 Å². The first-order valence-corrected chi connectivity index (χ1v) is 7.74. The lowest BCUT2D eigenvalue weighted by atomic mass is 10.1. The van der Waals surface area contributed by atoms with Crippen LogP contribution in [0, 0.1) is 0 Å². The average molecular weight is 247 g/mol. The summed E-state index contributed by atoms with van der Waals surface area (Å²) in [5.74, 6) is 0.864. The standard InChI is InChI=1S/C11H21NOS2/c1-15(13)10-8-6-4-2-3-5-7-9-12-11-14/h2-10H2,1H3. The molecule has 0 N–H and O–H groups in total. The quantitative estimate of drug-likeness (QED) is 0.337. The van der Waals surface area contributed by atoms with Crippen molar-refractivity contribution in [1.82, 2.24) is 0 Å². The predicted molar refractivity (Wildman–Crippen MR) is 71.1 cm³/mol. The molecule has 0 rings (SSSR count). The highest BCUT2D eigenvalue weighted by Gasteiger charge is 1.93. The molecule has 0 aliphatic rings. The van der Waals surface area contributed by atoms with E-state index in [0.717, 1.165) is 25.1 Å². The van der Waals surface area contributed by atoms with E-state index in [1.807, 2.05) is 0 Å². The lowest BCUT2D eigenvalue weighted by molar-refractivity contribution is 0.593. The number of rotatable bonds is 10. The minimum Gasteiger partial charge on any atom is -0.260 e. The van der Waals surface area contributed by atoms with Crippen LogP contribution < -0.4 is 0 Å². The van der Waals surface area contributed by atoms with Crippen LogP contribution >= 0.6 is 12.2 Å². The SMILES string of the molecule is CS(=O)CCCCCCCCCN=C=S. The molecule has 0 aromatic heterocycles. The fraction of sp³-hybridized carbons (Fsp3) is 0.909. The van der Waals surface area contributed by atoms with Crippen LogP contribution in [0.1, 0.15) is 44.9 Å². The summed E-state index contributed by atoms with van der Waals surface area (Å²) < 4.78 is 10.8. The molecule has 1 atom stereocenters. The first-order chi connectivity index (χ1) is 7.27. The Bertz CT molecular complexity index is 205. The van der Waals surface area contributed by atoms with E-state index in [1.165, 1.54) is 32.1 Å². The summed E-state index contributed by atoms with van der Waals surface area (Å²) in [6.07, 6.45) is 10.3. The van der Waals surface area contributed by atoms with E-state index in [-0.39, 0.29) is 0 Å². The van der Waals surface area contributed by atoms with Gasteiger partial charge in [0.15, 0.2) is 0 Å². The molecule has 0 amide bonds. The molecule has 0 saturated heterocycles. The average Bonchev–Trinajstić information content (AvgIpc) is 2.20. The van der Waals surface area contributed by atoms with Crippen LogP contribution in [-0.4, -0.2) is 27.9 Å². The van der Waals surface area contributed by atoms with Crippen LogP contribution in [0.25, 0.3) is 0 Å². The van der Waals surface area contributed by atoms with Gasteiger partial charge in [0, 0.05) is 29.4 Å². The Kier molecular flexibility index (Phi) is 12.0. The largest absolute Gasteiger partial charge is 0.260 e. The zero-order valence-electron chi connectivity index (χ0n) is 9.54. The molecular formula is C11H21NOS2. The second kappa shape index (κ2) is 12.0.